The number of carbonyl (C=O) groups is 1. The van der Waals surface area contributed by atoms with Gasteiger partial charge in [0.25, 0.3) is 0 Å². The zero-order valence-electron chi connectivity index (χ0n) is 10.5. The van der Waals surface area contributed by atoms with Gasteiger partial charge in [0.05, 0.1) is 12.6 Å². The van der Waals surface area contributed by atoms with Crippen molar-refractivity contribution >= 4 is 17.5 Å². The molecule has 0 aliphatic heterocycles. The molecule has 1 aromatic carbocycles. The van der Waals surface area contributed by atoms with Crippen LogP contribution in [0.5, 0.6) is 0 Å². The van der Waals surface area contributed by atoms with Crippen LogP contribution in [0.2, 0.25) is 5.02 Å². The van der Waals surface area contributed by atoms with E-state index in [1.54, 1.807) is 0 Å². The highest BCUT2D eigenvalue weighted by Gasteiger charge is 2.09. The fraction of sp³-hybridized carbons (Fsp3) is 0.462. The minimum Gasteiger partial charge on any atom is -0.348 e. The van der Waals surface area contributed by atoms with E-state index in [9.17, 15) is 4.79 Å². The van der Waals surface area contributed by atoms with Crippen LogP contribution < -0.4 is 10.6 Å². The average Bonchev–Trinajstić information content (AvgIpc) is 2.27. The molecule has 1 aromatic rings. The Labute approximate surface area is 108 Å². The van der Waals surface area contributed by atoms with Crippen molar-refractivity contribution in [3.05, 3.63) is 34.9 Å². The quantitative estimate of drug-likeness (QED) is 0.848. The van der Waals surface area contributed by atoms with Gasteiger partial charge in [0, 0.05) is 11.1 Å². The van der Waals surface area contributed by atoms with E-state index in [1.807, 2.05) is 45.0 Å². The van der Waals surface area contributed by atoms with Gasteiger partial charge >= 0.3 is 0 Å². The third-order valence-electron chi connectivity index (χ3n) is 2.42. The van der Waals surface area contributed by atoms with E-state index in [-0.39, 0.29) is 11.9 Å². The molecule has 0 radical (unpaired) electrons. The molecule has 0 heterocycles. The van der Waals surface area contributed by atoms with Crippen molar-refractivity contribution in [1.82, 2.24) is 10.6 Å². The van der Waals surface area contributed by atoms with E-state index >= 15 is 0 Å². The minimum atomic E-state index is -0.00581. The van der Waals surface area contributed by atoms with Crippen molar-refractivity contribution in [3.8, 4) is 0 Å². The normalized spacial score (nSPS) is 12.5. The maximum atomic E-state index is 11.6. The van der Waals surface area contributed by atoms with Crippen LogP contribution in [0, 0.1) is 0 Å². The van der Waals surface area contributed by atoms with Gasteiger partial charge in [-0.15, -0.1) is 0 Å². The highest BCUT2D eigenvalue weighted by atomic mass is 35.5. The van der Waals surface area contributed by atoms with Gasteiger partial charge in [-0.25, -0.2) is 0 Å². The molecule has 1 rings (SSSR count). The van der Waals surface area contributed by atoms with Gasteiger partial charge < -0.3 is 10.6 Å². The van der Waals surface area contributed by atoms with E-state index in [1.165, 1.54) is 0 Å². The second kappa shape index (κ2) is 6.62. The molecule has 1 atom stereocenters. The van der Waals surface area contributed by atoms with E-state index in [2.05, 4.69) is 10.6 Å². The highest BCUT2D eigenvalue weighted by Crippen LogP contribution is 2.15. The Morgan fingerprint density at radius 1 is 1.24 bits per heavy atom. The van der Waals surface area contributed by atoms with E-state index in [0.29, 0.717) is 17.6 Å². The molecule has 0 saturated heterocycles. The van der Waals surface area contributed by atoms with Crippen LogP contribution in [0.4, 0.5) is 0 Å². The van der Waals surface area contributed by atoms with E-state index in [4.69, 9.17) is 11.6 Å². The number of hydrogen-bond donors (Lipinski definition) is 2. The Balaban J connectivity index is 2.46. The summed E-state index contributed by atoms with van der Waals surface area (Å²) in [6.07, 6.45) is 0. The predicted octanol–water partition coefficient (Wildman–Crippen LogP) is 2.52. The fourth-order valence-electron chi connectivity index (χ4n) is 1.42. The molecule has 0 bridgehead atoms. The van der Waals surface area contributed by atoms with Crippen molar-refractivity contribution in [3.63, 3.8) is 0 Å². The SMILES string of the molecule is CC(C)NCC(=O)N[C@@H](C)c1ccc(Cl)cc1. The van der Waals surface area contributed by atoms with Gasteiger partial charge in [0.15, 0.2) is 0 Å². The summed E-state index contributed by atoms with van der Waals surface area (Å²) in [4.78, 5) is 11.6. The Morgan fingerprint density at radius 3 is 2.35 bits per heavy atom. The molecule has 0 fully saturated rings. The molecule has 4 heteroatoms. The lowest BCUT2D eigenvalue weighted by Crippen LogP contribution is -2.37. The Hall–Kier alpha value is -1.06. The molecule has 0 aromatic heterocycles. The number of benzene rings is 1. The predicted molar refractivity (Wildman–Crippen MR) is 71.1 cm³/mol. The topological polar surface area (TPSA) is 41.1 Å². The largest absolute Gasteiger partial charge is 0.348 e. The lowest BCUT2D eigenvalue weighted by molar-refractivity contribution is -0.121. The number of halogens is 1. The summed E-state index contributed by atoms with van der Waals surface area (Å²) in [5.41, 5.74) is 1.05. The molecule has 17 heavy (non-hydrogen) atoms. The summed E-state index contributed by atoms with van der Waals surface area (Å²) < 4.78 is 0. The molecule has 2 N–H and O–H groups in total. The van der Waals surface area contributed by atoms with Crippen molar-refractivity contribution < 1.29 is 4.79 Å². The summed E-state index contributed by atoms with van der Waals surface area (Å²) in [6.45, 7) is 6.32. The first-order chi connectivity index (χ1) is 7.99. The molecule has 0 spiro atoms. The average molecular weight is 255 g/mol. The van der Waals surface area contributed by atoms with Crippen LogP contribution in [0.1, 0.15) is 32.4 Å². The molecule has 3 nitrogen and oxygen atoms in total. The highest BCUT2D eigenvalue weighted by molar-refractivity contribution is 6.30. The first-order valence-corrected chi connectivity index (χ1v) is 6.15. The molecular weight excluding hydrogens is 236 g/mol. The molecular formula is C13H19ClN2O. The van der Waals surface area contributed by atoms with Gasteiger partial charge in [-0.3, -0.25) is 4.79 Å². The van der Waals surface area contributed by atoms with Crippen LogP contribution >= 0.6 is 11.6 Å². The first-order valence-electron chi connectivity index (χ1n) is 5.77. The van der Waals surface area contributed by atoms with Crippen molar-refractivity contribution in [2.24, 2.45) is 0 Å². The van der Waals surface area contributed by atoms with Crippen LogP contribution in [0.15, 0.2) is 24.3 Å². The molecule has 0 aliphatic rings. The Kier molecular flexibility index (Phi) is 5.45. The van der Waals surface area contributed by atoms with Crippen LogP contribution in [0.25, 0.3) is 0 Å². The van der Waals surface area contributed by atoms with Crippen LogP contribution in [-0.4, -0.2) is 18.5 Å². The summed E-state index contributed by atoms with van der Waals surface area (Å²) in [6, 6.07) is 7.80. The molecule has 0 unspecified atom stereocenters. The number of carbonyl (C=O) groups excluding carboxylic acids is 1. The number of hydrogen-bond acceptors (Lipinski definition) is 2. The monoisotopic (exact) mass is 254 g/mol. The summed E-state index contributed by atoms with van der Waals surface area (Å²) in [5, 5.41) is 6.71. The number of nitrogens with one attached hydrogen (secondary N) is 2. The van der Waals surface area contributed by atoms with Crippen molar-refractivity contribution in [1.29, 1.82) is 0 Å². The van der Waals surface area contributed by atoms with Crippen LogP contribution in [-0.2, 0) is 4.79 Å². The zero-order valence-corrected chi connectivity index (χ0v) is 11.2. The second-order valence-corrected chi connectivity index (χ2v) is 4.81. The van der Waals surface area contributed by atoms with Gasteiger partial charge in [-0.1, -0.05) is 37.6 Å². The summed E-state index contributed by atoms with van der Waals surface area (Å²) >= 11 is 5.81. The maximum Gasteiger partial charge on any atom is 0.234 e. The second-order valence-electron chi connectivity index (χ2n) is 4.38. The standard InChI is InChI=1S/C13H19ClN2O/c1-9(2)15-8-13(17)16-10(3)11-4-6-12(14)7-5-11/h4-7,9-10,15H,8H2,1-3H3,(H,16,17)/t10-/m0/s1. The third kappa shape index (κ3) is 5.20. The van der Waals surface area contributed by atoms with Crippen molar-refractivity contribution in [2.45, 2.75) is 32.9 Å². The fourth-order valence-corrected chi connectivity index (χ4v) is 1.55. The molecule has 94 valence electrons. The third-order valence-corrected chi connectivity index (χ3v) is 2.67. The smallest absolute Gasteiger partial charge is 0.234 e. The lowest BCUT2D eigenvalue weighted by Gasteiger charge is -2.15. The molecule has 1 amide bonds. The van der Waals surface area contributed by atoms with E-state index < -0.39 is 0 Å². The Morgan fingerprint density at radius 2 is 1.82 bits per heavy atom. The zero-order chi connectivity index (χ0) is 12.8. The van der Waals surface area contributed by atoms with Gasteiger partial charge in [0.2, 0.25) is 5.91 Å². The van der Waals surface area contributed by atoms with Gasteiger partial charge in [-0.2, -0.15) is 0 Å². The molecule has 0 aliphatic carbocycles. The number of amides is 1. The minimum absolute atomic E-state index is 0.00106. The lowest BCUT2D eigenvalue weighted by atomic mass is 10.1. The maximum absolute atomic E-state index is 11.6. The number of rotatable bonds is 5. The van der Waals surface area contributed by atoms with Gasteiger partial charge in [0.1, 0.15) is 0 Å². The summed E-state index contributed by atoms with van der Waals surface area (Å²) in [7, 11) is 0. The first kappa shape index (κ1) is 14.0. The Bertz CT molecular complexity index is 362. The van der Waals surface area contributed by atoms with E-state index in [0.717, 1.165) is 5.56 Å². The van der Waals surface area contributed by atoms with Crippen LogP contribution in [0.3, 0.4) is 0 Å². The summed E-state index contributed by atoms with van der Waals surface area (Å²) in [5.74, 6) is 0.00106. The molecule has 0 saturated carbocycles. The van der Waals surface area contributed by atoms with Crippen molar-refractivity contribution in [2.75, 3.05) is 6.54 Å². The van der Waals surface area contributed by atoms with Gasteiger partial charge in [-0.05, 0) is 24.6 Å².